The van der Waals surface area contributed by atoms with Crippen molar-refractivity contribution in [2.45, 2.75) is 244 Å². The standard InChI is InChI=1S/C48H89NO5/c1-3-5-7-9-11-13-15-17-19-21-23-25-27-29-31-33-35-37-41-52-43-45(44-54-48(51)46-39-40-47(50)49-46)53-42-38-36-34-32-30-28-26-24-22-20-18-16-14-12-10-8-6-4-2/h21-24,45-46H,3-20,25-44H2,1-2H3,(H,49,50)/t45?,46-/m0/s1. The molecule has 6 heteroatoms. The highest BCUT2D eigenvalue weighted by atomic mass is 16.6. The Hall–Kier alpha value is -1.66. The Kier molecular flexibility index (Phi) is 38.2. The van der Waals surface area contributed by atoms with Crippen molar-refractivity contribution in [2.24, 2.45) is 0 Å². The van der Waals surface area contributed by atoms with Crippen LogP contribution < -0.4 is 5.32 Å². The first-order valence-corrected chi connectivity index (χ1v) is 23.6. The maximum Gasteiger partial charge on any atom is 0.328 e. The Bertz CT molecular complexity index is 873. The lowest BCUT2D eigenvalue weighted by Gasteiger charge is -2.19. The molecule has 0 saturated carbocycles. The van der Waals surface area contributed by atoms with Crippen molar-refractivity contribution in [1.29, 1.82) is 0 Å². The molecule has 6 nitrogen and oxygen atoms in total. The summed E-state index contributed by atoms with van der Waals surface area (Å²) in [5.41, 5.74) is 0. The maximum absolute atomic E-state index is 12.5. The van der Waals surface area contributed by atoms with E-state index < -0.39 is 6.04 Å². The molecule has 0 radical (unpaired) electrons. The first-order valence-electron chi connectivity index (χ1n) is 23.6. The number of ether oxygens (including phenoxy) is 3. The molecule has 316 valence electrons. The van der Waals surface area contributed by atoms with E-state index in [9.17, 15) is 9.59 Å². The topological polar surface area (TPSA) is 73.9 Å². The summed E-state index contributed by atoms with van der Waals surface area (Å²) in [5.74, 6) is -0.448. The fourth-order valence-corrected chi connectivity index (χ4v) is 7.18. The molecule has 0 aromatic heterocycles. The minimum absolute atomic E-state index is 0.0835. The summed E-state index contributed by atoms with van der Waals surface area (Å²) in [6.07, 6.45) is 52.1. The molecule has 2 atom stereocenters. The van der Waals surface area contributed by atoms with Crippen molar-refractivity contribution in [1.82, 2.24) is 5.32 Å². The highest BCUT2D eigenvalue weighted by molar-refractivity contribution is 5.88. The smallest absolute Gasteiger partial charge is 0.328 e. The third kappa shape index (κ3) is 34.8. The molecule has 1 heterocycles. The van der Waals surface area contributed by atoms with Crippen molar-refractivity contribution in [2.75, 3.05) is 26.4 Å². The Morgan fingerprint density at radius 3 is 1.35 bits per heavy atom. The monoisotopic (exact) mass is 760 g/mol. The predicted octanol–water partition coefficient (Wildman–Crippen LogP) is 13.8. The van der Waals surface area contributed by atoms with Crippen molar-refractivity contribution >= 4 is 11.9 Å². The van der Waals surface area contributed by atoms with E-state index in [-0.39, 0.29) is 24.6 Å². The number of esters is 1. The zero-order valence-corrected chi connectivity index (χ0v) is 35.9. The minimum atomic E-state index is -0.528. The van der Waals surface area contributed by atoms with Crippen LogP contribution in [0.2, 0.25) is 0 Å². The molecule has 1 saturated heterocycles. The lowest BCUT2D eigenvalue weighted by Crippen LogP contribution is -2.37. The molecule has 1 rings (SSSR count). The number of carbonyl (C=O) groups is 2. The average Bonchev–Trinajstić information content (AvgIpc) is 3.62. The molecule has 1 unspecified atom stereocenters. The molecule has 0 aromatic rings. The number of allylic oxidation sites excluding steroid dienone is 4. The van der Waals surface area contributed by atoms with E-state index in [0.717, 1.165) is 19.3 Å². The molecule has 1 aliphatic rings. The highest BCUT2D eigenvalue weighted by Crippen LogP contribution is 2.14. The van der Waals surface area contributed by atoms with Gasteiger partial charge in [0.1, 0.15) is 18.8 Å². The van der Waals surface area contributed by atoms with Crippen LogP contribution in [0, 0.1) is 0 Å². The van der Waals surface area contributed by atoms with E-state index in [4.69, 9.17) is 14.2 Å². The van der Waals surface area contributed by atoms with Gasteiger partial charge in [-0.1, -0.05) is 179 Å². The van der Waals surface area contributed by atoms with Crippen LogP contribution in [0.1, 0.15) is 232 Å². The lowest BCUT2D eigenvalue weighted by molar-refractivity contribution is -0.152. The van der Waals surface area contributed by atoms with Crippen LogP contribution in [-0.2, 0) is 23.8 Å². The van der Waals surface area contributed by atoms with Crippen LogP contribution in [0.4, 0.5) is 0 Å². The van der Waals surface area contributed by atoms with Crippen LogP contribution in [0.25, 0.3) is 0 Å². The molecular weight excluding hydrogens is 671 g/mol. The van der Waals surface area contributed by atoms with Gasteiger partial charge in [-0.25, -0.2) is 4.79 Å². The number of rotatable bonds is 42. The van der Waals surface area contributed by atoms with Gasteiger partial charge in [0, 0.05) is 19.6 Å². The van der Waals surface area contributed by atoms with Gasteiger partial charge in [-0.05, 0) is 70.6 Å². The van der Waals surface area contributed by atoms with Crippen LogP contribution in [0.15, 0.2) is 24.3 Å². The van der Waals surface area contributed by atoms with E-state index in [1.165, 1.54) is 186 Å². The molecule has 1 fully saturated rings. The predicted molar refractivity (Wildman–Crippen MR) is 230 cm³/mol. The molecular formula is C48H89NO5. The molecule has 54 heavy (non-hydrogen) atoms. The van der Waals surface area contributed by atoms with Gasteiger partial charge in [0.25, 0.3) is 0 Å². The maximum atomic E-state index is 12.5. The zero-order valence-electron chi connectivity index (χ0n) is 35.9. The number of hydrogen-bond donors (Lipinski definition) is 1. The summed E-state index contributed by atoms with van der Waals surface area (Å²) in [6.45, 7) is 6.54. The van der Waals surface area contributed by atoms with Gasteiger partial charge < -0.3 is 19.5 Å². The van der Waals surface area contributed by atoms with E-state index in [2.05, 4.69) is 43.5 Å². The molecule has 0 spiro atoms. The number of nitrogens with one attached hydrogen (secondary N) is 1. The van der Waals surface area contributed by atoms with Gasteiger partial charge in [0.2, 0.25) is 5.91 Å². The van der Waals surface area contributed by atoms with Crippen LogP contribution in [0.5, 0.6) is 0 Å². The number of unbranched alkanes of at least 4 members (excludes halogenated alkanes) is 28. The van der Waals surface area contributed by atoms with E-state index in [1.54, 1.807) is 0 Å². The molecule has 1 aliphatic heterocycles. The third-order valence-corrected chi connectivity index (χ3v) is 10.8. The fraction of sp³-hybridized carbons (Fsp3) is 0.875. The van der Waals surface area contributed by atoms with Crippen LogP contribution >= 0.6 is 0 Å². The van der Waals surface area contributed by atoms with E-state index in [0.29, 0.717) is 32.7 Å². The second-order valence-corrected chi connectivity index (χ2v) is 16.1. The van der Waals surface area contributed by atoms with Gasteiger partial charge >= 0.3 is 5.97 Å². The summed E-state index contributed by atoms with van der Waals surface area (Å²) < 4.78 is 17.7. The largest absolute Gasteiger partial charge is 0.461 e. The summed E-state index contributed by atoms with van der Waals surface area (Å²) >= 11 is 0. The number of hydrogen-bond acceptors (Lipinski definition) is 5. The molecule has 0 bridgehead atoms. The Morgan fingerprint density at radius 1 is 0.556 bits per heavy atom. The molecule has 0 aromatic carbocycles. The number of amides is 1. The van der Waals surface area contributed by atoms with Crippen molar-refractivity contribution < 1.29 is 23.8 Å². The molecule has 0 aliphatic carbocycles. The summed E-state index contributed by atoms with van der Waals surface area (Å²) in [7, 11) is 0. The molecule has 1 N–H and O–H groups in total. The summed E-state index contributed by atoms with van der Waals surface area (Å²) in [5, 5.41) is 2.70. The first-order chi connectivity index (χ1) is 26.7. The Morgan fingerprint density at radius 2 is 0.944 bits per heavy atom. The highest BCUT2D eigenvalue weighted by Gasteiger charge is 2.29. The van der Waals surface area contributed by atoms with Gasteiger partial charge in [-0.15, -0.1) is 0 Å². The summed E-state index contributed by atoms with van der Waals surface area (Å²) in [6, 6.07) is -0.528. The van der Waals surface area contributed by atoms with Crippen molar-refractivity contribution in [3.8, 4) is 0 Å². The van der Waals surface area contributed by atoms with Crippen LogP contribution in [-0.4, -0.2) is 50.4 Å². The van der Waals surface area contributed by atoms with Gasteiger partial charge in [0.05, 0.1) is 6.61 Å². The first kappa shape index (κ1) is 50.4. The second kappa shape index (κ2) is 41.0. The lowest BCUT2D eigenvalue weighted by atomic mass is 10.1. The third-order valence-electron chi connectivity index (χ3n) is 10.8. The van der Waals surface area contributed by atoms with Crippen molar-refractivity contribution in [3.05, 3.63) is 24.3 Å². The number of carbonyl (C=O) groups excluding carboxylic acids is 2. The summed E-state index contributed by atoms with van der Waals surface area (Å²) in [4.78, 5) is 24.0. The normalized spacial score (nSPS) is 15.1. The van der Waals surface area contributed by atoms with Gasteiger partial charge in [-0.2, -0.15) is 0 Å². The van der Waals surface area contributed by atoms with E-state index in [1.807, 2.05) is 0 Å². The Labute approximate surface area is 335 Å². The fourth-order valence-electron chi connectivity index (χ4n) is 7.18. The van der Waals surface area contributed by atoms with Gasteiger partial charge in [0.15, 0.2) is 0 Å². The van der Waals surface area contributed by atoms with Gasteiger partial charge in [-0.3, -0.25) is 4.79 Å². The average molecular weight is 760 g/mol. The zero-order chi connectivity index (χ0) is 38.8. The second-order valence-electron chi connectivity index (χ2n) is 16.1. The SMILES string of the molecule is CCCCCCCCCCC=CCCCCCCCCOCC(COC(=O)[C@@H]1CCC(=O)N1)OCCCCCCCCC=CCCCCCCCCCC. The minimum Gasteiger partial charge on any atom is -0.461 e. The van der Waals surface area contributed by atoms with Crippen LogP contribution in [0.3, 0.4) is 0 Å². The van der Waals surface area contributed by atoms with E-state index >= 15 is 0 Å². The Balaban J connectivity index is 2.05. The quantitative estimate of drug-likeness (QED) is 0.0381. The van der Waals surface area contributed by atoms with Crippen molar-refractivity contribution in [3.63, 3.8) is 0 Å². The molecule has 1 amide bonds.